The van der Waals surface area contributed by atoms with Crippen molar-refractivity contribution in [1.82, 2.24) is 0 Å². The largest absolute Gasteiger partial charge is 0.465 e. The van der Waals surface area contributed by atoms with E-state index < -0.39 is 0 Å². The maximum atomic E-state index is 11.0. The molecule has 0 radical (unpaired) electrons. The lowest BCUT2D eigenvalue weighted by Crippen LogP contribution is -2.00. The Morgan fingerprint density at radius 1 is 1.58 bits per heavy atom. The standard InChI is InChI=1S/C8H8O2S2/c1-10-8(9)6-3-2-4-7(5-6)12-11/h2-5,11H,1H3. The minimum absolute atomic E-state index is 0.320. The first-order valence-electron chi connectivity index (χ1n) is 3.27. The molecule has 0 aliphatic carbocycles. The summed E-state index contributed by atoms with van der Waals surface area (Å²) < 4.78 is 4.56. The molecule has 1 rings (SSSR count). The minimum Gasteiger partial charge on any atom is -0.465 e. The summed E-state index contributed by atoms with van der Waals surface area (Å²) in [7, 11) is 2.66. The van der Waals surface area contributed by atoms with Gasteiger partial charge in [-0.25, -0.2) is 4.79 Å². The molecule has 0 fully saturated rings. The van der Waals surface area contributed by atoms with Crippen LogP contribution in [0.2, 0.25) is 0 Å². The van der Waals surface area contributed by atoms with Gasteiger partial charge in [-0.2, -0.15) is 0 Å². The molecule has 0 aromatic heterocycles. The lowest BCUT2D eigenvalue weighted by atomic mass is 10.2. The van der Waals surface area contributed by atoms with Gasteiger partial charge < -0.3 is 4.74 Å². The van der Waals surface area contributed by atoms with Crippen molar-refractivity contribution >= 4 is 28.4 Å². The Morgan fingerprint density at radius 3 is 2.92 bits per heavy atom. The number of benzene rings is 1. The van der Waals surface area contributed by atoms with Gasteiger partial charge in [-0.05, 0) is 18.2 Å². The number of carbonyl (C=O) groups excluding carboxylic acids is 1. The van der Waals surface area contributed by atoms with Gasteiger partial charge in [0.15, 0.2) is 0 Å². The monoisotopic (exact) mass is 200 g/mol. The highest BCUT2D eigenvalue weighted by molar-refractivity contribution is 8.68. The molecular formula is C8H8O2S2. The predicted octanol–water partition coefficient (Wildman–Crippen LogP) is 2.41. The quantitative estimate of drug-likeness (QED) is 0.451. The molecule has 0 amide bonds. The number of rotatable bonds is 2. The van der Waals surface area contributed by atoms with E-state index in [4.69, 9.17) is 0 Å². The summed E-state index contributed by atoms with van der Waals surface area (Å²) in [5.41, 5.74) is 0.552. The van der Waals surface area contributed by atoms with E-state index in [0.717, 1.165) is 4.90 Å². The van der Waals surface area contributed by atoms with Crippen LogP contribution in [0.1, 0.15) is 10.4 Å². The average Bonchev–Trinajstić information content (AvgIpc) is 2.17. The number of ether oxygens (including phenoxy) is 1. The van der Waals surface area contributed by atoms with Gasteiger partial charge in [-0.3, -0.25) is 0 Å². The first-order valence-corrected chi connectivity index (χ1v) is 5.14. The third-order valence-electron chi connectivity index (χ3n) is 1.36. The van der Waals surface area contributed by atoms with Gasteiger partial charge in [0.2, 0.25) is 0 Å². The highest BCUT2D eigenvalue weighted by Crippen LogP contribution is 2.22. The molecule has 0 bridgehead atoms. The van der Waals surface area contributed by atoms with Crippen molar-refractivity contribution in [3.8, 4) is 0 Å². The molecular weight excluding hydrogens is 192 g/mol. The third-order valence-corrected chi connectivity index (χ3v) is 2.46. The molecule has 0 saturated heterocycles. The Hall–Kier alpha value is -0.610. The zero-order chi connectivity index (χ0) is 8.97. The molecule has 1 aromatic carbocycles. The molecule has 64 valence electrons. The zero-order valence-electron chi connectivity index (χ0n) is 6.48. The maximum Gasteiger partial charge on any atom is 0.337 e. The number of carbonyl (C=O) groups is 1. The highest BCUT2D eigenvalue weighted by Gasteiger charge is 2.04. The van der Waals surface area contributed by atoms with E-state index >= 15 is 0 Å². The SMILES string of the molecule is COC(=O)c1cccc(SS)c1. The van der Waals surface area contributed by atoms with Crippen molar-refractivity contribution in [2.24, 2.45) is 0 Å². The maximum absolute atomic E-state index is 11.0. The summed E-state index contributed by atoms with van der Waals surface area (Å²) in [6.07, 6.45) is 0. The number of esters is 1. The molecule has 0 heterocycles. The van der Waals surface area contributed by atoms with E-state index in [9.17, 15) is 4.79 Å². The zero-order valence-corrected chi connectivity index (χ0v) is 8.19. The van der Waals surface area contributed by atoms with E-state index in [1.54, 1.807) is 18.2 Å². The Kier molecular flexibility index (Phi) is 3.49. The second-order valence-electron chi connectivity index (χ2n) is 2.11. The molecule has 0 aliphatic heterocycles. The first kappa shape index (κ1) is 9.48. The van der Waals surface area contributed by atoms with Crippen LogP contribution in [0.25, 0.3) is 0 Å². The summed E-state index contributed by atoms with van der Waals surface area (Å²) in [4.78, 5) is 12.0. The molecule has 0 atom stereocenters. The van der Waals surface area contributed by atoms with Crippen LogP contribution < -0.4 is 0 Å². The van der Waals surface area contributed by atoms with E-state index in [-0.39, 0.29) is 5.97 Å². The first-order chi connectivity index (χ1) is 5.77. The minimum atomic E-state index is -0.320. The summed E-state index contributed by atoms with van der Waals surface area (Å²) in [5.74, 6) is -0.320. The van der Waals surface area contributed by atoms with Gasteiger partial charge in [-0.1, -0.05) is 16.9 Å². The molecule has 0 unspecified atom stereocenters. The van der Waals surface area contributed by atoms with Crippen LogP contribution in [0.3, 0.4) is 0 Å². The second kappa shape index (κ2) is 4.42. The third kappa shape index (κ3) is 2.19. The lowest BCUT2D eigenvalue weighted by molar-refractivity contribution is 0.0600. The van der Waals surface area contributed by atoms with Gasteiger partial charge in [0.1, 0.15) is 0 Å². The highest BCUT2D eigenvalue weighted by atomic mass is 33.1. The second-order valence-corrected chi connectivity index (χ2v) is 3.31. The Labute approximate surface area is 80.1 Å². The smallest absolute Gasteiger partial charge is 0.337 e. The van der Waals surface area contributed by atoms with Gasteiger partial charge in [0.05, 0.1) is 12.7 Å². The van der Waals surface area contributed by atoms with Crippen LogP contribution in [0.4, 0.5) is 0 Å². The summed E-state index contributed by atoms with van der Waals surface area (Å²) in [6, 6.07) is 7.12. The van der Waals surface area contributed by atoms with E-state index in [1.165, 1.54) is 17.9 Å². The number of hydrogen-bond acceptors (Lipinski definition) is 4. The van der Waals surface area contributed by atoms with Crippen LogP contribution in [-0.2, 0) is 4.74 Å². The molecule has 0 N–H and O–H groups in total. The van der Waals surface area contributed by atoms with Crippen LogP contribution >= 0.6 is 22.5 Å². The van der Waals surface area contributed by atoms with Crippen LogP contribution in [0.15, 0.2) is 29.2 Å². The van der Waals surface area contributed by atoms with Crippen molar-refractivity contribution in [3.63, 3.8) is 0 Å². The summed E-state index contributed by atoms with van der Waals surface area (Å²) >= 11 is 4.02. The van der Waals surface area contributed by atoms with E-state index in [0.29, 0.717) is 5.56 Å². The van der Waals surface area contributed by atoms with Gasteiger partial charge in [0, 0.05) is 4.90 Å². The van der Waals surface area contributed by atoms with E-state index in [1.807, 2.05) is 6.07 Å². The van der Waals surface area contributed by atoms with Crippen molar-refractivity contribution in [2.75, 3.05) is 7.11 Å². The lowest BCUT2D eigenvalue weighted by Gasteiger charge is -1.99. The number of methoxy groups -OCH3 is 1. The van der Waals surface area contributed by atoms with E-state index in [2.05, 4.69) is 16.4 Å². The van der Waals surface area contributed by atoms with Crippen molar-refractivity contribution in [3.05, 3.63) is 29.8 Å². The molecule has 12 heavy (non-hydrogen) atoms. The van der Waals surface area contributed by atoms with Gasteiger partial charge in [0.25, 0.3) is 0 Å². The molecule has 1 aromatic rings. The van der Waals surface area contributed by atoms with Crippen LogP contribution in [0, 0.1) is 0 Å². The molecule has 0 saturated carbocycles. The molecule has 2 nitrogen and oxygen atoms in total. The number of thiol groups is 1. The van der Waals surface area contributed by atoms with Gasteiger partial charge in [-0.15, -0.1) is 11.7 Å². The van der Waals surface area contributed by atoms with Gasteiger partial charge >= 0.3 is 5.97 Å². The summed E-state index contributed by atoms with van der Waals surface area (Å²) in [5, 5.41) is 0. The van der Waals surface area contributed by atoms with Crippen molar-refractivity contribution < 1.29 is 9.53 Å². The van der Waals surface area contributed by atoms with Crippen molar-refractivity contribution in [2.45, 2.75) is 4.90 Å². The van der Waals surface area contributed by atoms with Crippen LogP contribution in [-0.4, -0.2) is 13.1 Å². The predicted molar refractivity (Wildman–Crippen MR) is 52.6 cm³/mol. The normalized spacial score (nSPS) is 9.50. The Morgan fingerprint density at radius 2 is 2.33 bits per heavy atom. The van der Waals surface area contributed by atoms with Crippen molar-refractivity contribution in [1.29, 1.82) is 0 Å². The molecule has 4 heteroatoms. The number of hydrogen-bond donors (Lipinski definition) is 1. The Balaban J connectivity index is 2.93. The fourth-order valence-corrected chi connectivity index (χ4v) is 1.46. The molecule has 0 aliphatic rings. The average molecular weight is 200 g/mol. The fraction of sp³-hybridized carbons (Fsp3) is 0.125. The van der Waals surface area contributed by atoms with Crippen LogP contribution in [0.5, 0.6) is 0 Å². The topological polar surface area (TPSA) is 26.3 Å². The molecule has 0 spiro atoms. The Bertz CT molecular complexity index is 286. The summed E-state index contributed by atoms with van der Waals surface area (Å²) in [6.45, 7) is 0. The fourth-order valence-electron chi connectivity index (χ4n) is 0.798.